The maximum atomic E-state index is 13.3. The highest BCUT2D eigenvalue weighted by atomic mass is 19.1. The third kappa shape index (κ3) is 2.28. The summed E-state index contributed by atoms with van der Waals surface area (Å²) in [5, 5.41) is 0. The second-order valence-corrected chi connectivity index (χ2v) is 3.25. The number of rotatable bonds is 2. The van der Waals surface area contributed by atoms with Crippen LogP contribution in [-0.4, -0.2) is 0 Å². The molecule has 0 aromatic heterocycles. The molecule has 0 saturated heterocycles. The Bertz CT molecular complexity index is 497. The second-order valence-electron chi connectivity index (χ2n) is 3.25. The van der Waals surface area contributed by atoms with E-state index in [1.807, 2.05) is 0 Å². The van der Waals surface area contributed by atoms with Crippen LogP contribution < -0.4 is 10.5 Å². The molecule has 0 fully saturated rings. The topological polar surface area (TPSA) is 35.2 Å². The molecule has 0 saturated carbocycles. The highest BCUT2D eigenvalue weighted by Crippen LogP contribution is 2.25. The Morgan fingerprint density at radius 2 is 1.62 bits per heavy atom. The smallest absolute Gasteiger partial charge is 0.167 e. The van der Waals surface area contributed by atoms with Crippen LogP contribution in [0, 0.1) is 11.6 Å². The molecule has 0 aliphatic carbocycles. The first-order valence-corrected chi connectivity index (χ1v) is 4.63. The van der Waals surface area contributed by atoms with Gasteiger partial charge in [-0.3, -0.25) is 0 Å². The van der Waals surface area contributed by atoms with Crippen molar-refractivity contribution in [3.63, 3.8) is 0 Å². The first kappa shape index (κ1) is 10.4. The van der Waals surface area contributed by atoms with Crippen molar-refractivity contribution in [3.05, 3.63) is 54.1 Å². The third-order valence-corrected chi connectivity index (χ3v) is 2.00. The number of halogens is 2. The number of benzene rings is 2. The van der Waals surface area contributed by atoms with E-state index in [1.165, 1.54) is 42.5 Å². The number of ether oxygens (including phenoxy) is 1. The summed E-state index contributed by atoms with van der Waals surface area (Å²) in [6.07, 6.45) is 0. The van der Waals surface area contributed by atoms with Crippen LogP contribution in [0.4, 0.5) is 14.5 Å². The van der Waals surface area contributed by atoms with E-state index in [-0.39, 0.29) is 11.6 Å². The van der Waals surface area contributed by atoms with E-state index in [4.69, 9.17) is 10.5 Å². The van der Waals surface area contributed by atoms with Gasteiger partial charge < -0.3 is 10.5 Å². The quantitative estimate of drug-likeness (QED) is 0.789. The summed E-state index contributed by atoms with van der Waals surface area (Å²) in [6, 6.07) is 9.44. The molecule has 2 rings (SSSR count). The zero-order chi connectivity index (χ0) is 11.5. The average molecular weight is 221 g/mol. The molecule has 2 aromatic rings. The van der Waals surface area contributed by atoms with Crippen molar-refractivity contribution in [2.24, 2.45) is 0 Å². The molecule has 82 valence electrons. The van der Waals surface area contributed by atoms with Gasteiger partial charge in [0.1, 0.15) is 11.6 Å². The van der Waals surface area contributed by atoms with Gasteiger partial charge in [-0.25, -0.2) is 8.78 Å². The summed E-state index contributed by atoms with van der Waals surface area (Å²) in [5.74, 6) is -0.500. The van der Waals surface area contributed by atoms with E-state index in [2.05, 4.69) is 0 Å². The second kappa shape index (κ2) is 4.18. The van der Waals surface area contributed by atoms with Crippen LogP contribution in [0.1, 0.15) is 0 Å². The van der Waals surface area contributed by atoms with Crippen molar-refractivity contribution in [2.45, 2.75) is 0 Å². The molecule has 2 aromatic carbocycles. The predicted molar refractivity (Wildman–Crippen MR) is 57.3 cm³/mol. The van der Waals surface area contributed by atoms with Gasteiger partial charge in [-0.15, -0.1) is 0 Å². The van der Waals surface area contributed by atoms with Crippen LogP contribution >= 0.6 is 0 Å². The fourth-order valence-electron chi connectivity index (χ4n) is 1.23. The Kier molecular flexibility index (Phi) is 2.72. The fourth-order valence-corrected chi connectivity index (χ4v) is 1.23. The minimum atomic E-state index is -0.552. The van der Waals surface area contributed by atoms with Gasteiger partial charge in [0.05, 0.1) is 0 Å². The molecular formula is C12H9F2NO. The normalized spacial score (nSPS) is 10.1. The lowest BCUT2D eigenvalue weighted by Gasteiger charge is -2.06. The van der Waals surface area contributed by atoms with Gasteiger partial charge in [-0.1, -0.05) is 0 Å². The Labute approximate surface area is 91.3 Å². The largest absolute Gasteiger partial charge is 0.454 e. The van der Waals surface area contributed by atoms with Gasteiger partial charge in [0.25, 0.3) is 0 Å². The van der Waals surface area contributed by atoms with Crippen LogP contribution in [0.25, 0.3) is 0 Å². The van der Waals surface area contributed by atoms with E-state index in [0.29, 0.717) is 11.4 Å². The summed E-state index contributed by atoms with van der Waals surface area (Å²) in [5.41, 5.74) is 5.72. The Balaban J connectivity index is 2.23. The van der Waals surface area contributed by atoms with Gasteiger partial charge in [-0.2, -0.15) is 0 Å². The lowest BCUT2D eigenvalue weighted by molar-refractivity contribution is 0.441. The van der Waals surface area contributed by atoms with E-state index < -0.39 is 5.82 Å². The summed E-state index contributed by atoms with van der Waals surface area (Å²) >= 11 is 0. The maximum absolute atomic E-state index is 13.3. The van der Waals surface area contributed by atoms with E-state index in [1.54, 1.807) is 0 Å². The zero-order valence-corrected chi connectivity index (χ0v) is 8.28. The van der Waals surface area contributed by atoms with Crippen LogP contribution in [0.2, 0.25) is 0 Å². The molecule has 2 N–H and O–H groups in total. The summed E-state index contributed by atoms with van der Waals surface area (Å²) in [4.78, 5) is 0. The minimum Gasteiger partial charge on any atom is -0.454 e. The van der Waals surface area contributed by atoms with Crippen LogP contribution in [0.3, 0.4) is 0 Å². The third-order valence-electron chi connectivity index (χ3n) is 2.00. The van der Waals surface area contributed by atoms with Crippen molar-refractivity contribution >= 4 is 5.69 Å². The molecule has 16 heavy (non-hydrogen) atoms. The van der Waals surface area contributed by atoms with Crippen molar-refractivity contribution in [1.82, 2.24) is 0 Å². The number of nitrogens with two attached hydrogens (primary N) is 1. The van der Waals surface area contributed by atoms with Gasteiger partial charge >= 0.3 is 0 Å². The molecule has 4 heteroatoms. The summed E-state index contributed by atoms with van der Waals surface area (Å²) in [7, 11) is 0. The molecular weight excluding hydrogens is 212 g/mol. The van der Waals surface area contributed by atoms with Crippen molar-refractivity contribution in [3.8, 4) is 11.5 Å². The average Bonchev–Trinajstić information content (AvgIpc) is 2.25. The molecule has 0 amide bonds. The molecule has 0 aliphatic rings. The summed E-state index contributed by atoms with van der Waals surface area (Å²) in [6.45, 7) is 0. The number of hydrogen-bond acceptors (Lipinski definition) is 2. The first-order valence-electron chi connectivity index (χ1n) is 4.63. The van der Waals surface area contributed by atoms with Crippen molar-refractivity contribution in [1.29, 1.82) is 0 Å². The zero-order valence-electron chi connectivity index (χ0n) is 8.28. The molecule has 0 aliphatic heterocycles. The standard InChI is InChI=1S/C12H9F2NO/c13-8-1-4-10(5-2-8)16-12-6-3-9(15)7-11(12)14/h1-7H,15H2. The molecule has 2 nitrogen and oxygen atoms in total. The first-order chi connectivity index (χ1) is 7.65. The number of anilines is 1. The van der Waals surface area contributed by atoms with Crippen molar-refractivity contribution < 1.29 is 13.5 Å². The fraction of sp³-hybridized carbons (Fsp3) is 0. The van der Waals surface area contributed by atoms with Crippen LogP contribution in [0.15, 0.2) is 42.5 Å². The number of hydrogen-bond donors (Lipinski definition) is 1. The van der Waals surface area contributed by atoms with E-state index in [9.17, 15) is 8.78 Å². The van der Waals surface area contributed by atoms with Crippen LogP contribution in [-0.2, 0) is 0 Å². The molecule has 0 spiro atoms. The molecule has 0 radical (unpaired) electrons. The SMILES string of the molecule is Nc1ccc(Oc2ccc(F)cc2)c(F)c1. The van der Waals surface area contributed by atoms with Crippen LogP contribution in [0.5, 0.6) is 11.5 Å². The predicted octanol–water partition coefficient (Wildman–Crippen LogP) is 3.34. The Morgan fingerprint density at radius 3 is 2.25 bits per heavy atom. The molecule has 0 unspecified atom stereocenters. The van der Waals surface area contributed by atoms with Gasteiger partial charge in [-0.05, 0) is 36.4 Å². The minimum absolute atomic E-state index is 0.0563. The Morgan fingerprint density at radius 1 is 0.938 bits per heavy atom. The molecule has 0 bridgehead atoms. The van der Waals surface area contributed by atoms with Gasteiger partial charge in [0, 0.05) is 11.8 Å². The van der Waals surface area contributed by atoms with Gasteiger partial charge in [0.15, 0.2) is 11.6 Å². The van der Waals surface area contributed by atoms with Crippen molar-refractivity contribution in [2.75, 3.05) is 5.73 Å². The lowest BCUT2D eigenvalue weighted by atomic mass is 10.3. The molecule has 0 heterocycles. The van der Waals surface area contributed by atoms with E-state index in [0.717, 1.165) is 0 Å². The highest BCUT2D eigenvalue weighted by Gasteiger charge is 2.04. The lowest BCUT2D eigenvalue weighted by Crippen LogP contribution is -1.91. The molecule has 0 atom stereocenters. The highest BCUT2D eigenvalue weighted by molar-refractivity contribution is 5.44. The van der Waals surface area contributed by atoms with Gasteiger partial charge in [0.2, 0.25) is 0 Å². The number of nitrogen functional groups attached to an aromatic ring is 1. The monoisotopic (exact) mass is 221 g/mol. The van der Waals surface area contributed by atoms with E-state index >= 15 is 0 Å². The summed E-state index contributed by atoms with van der Waals surface area (Å²) < 4.78 is 31.2. The Hall–Kier alpha value is -2.10. The maximum Gasteiger partial charge on any atom is 0.167 e.